The molecule has 5 heteroatoms. The van der Waals surface area contributed by atoms with Crippen LogP contribution in [-0.4, -0.2) is 10.5 Å². The molecular formula is C15H21N3OS. The molecule has 0 aliphatic rings. The molecule has 2 aromatic heterocycles. The van der Waals surface area contributed by atoms with E-state index in [1.165, 1.54) is 4.88 Å². The van der Waals surface area contributed by atoms with Gasteiger partial charge in [-0.2, -0.15) is 0 Å². The summed E-state index contributed by atoms with van der Waals surface area (Å²) in [6.45, 7) is 6.94. The van der Waals surface area contributed by atoms with E-state index in [4.69, 9.17) is 5.73 Å². The number of carbonyl (C=O) groups is 1. The number of nitrogens with zero attached hydrogens (tertiary/aromatic N) is 1. The lowest BCUT2D eigenvalue weighted by Gasteiger charge is -2.13. The van der Waals surface area contributed by atoms with Crippen molar-refractivity contribution < 1.29 is 4.79 Å². The molecule has 0 aromatic carbocycles. The van der Waals surface area contributed by atoms with Crippen LogP contribution < -0.4 is 11.1 Å². The number of nitrogen functional groups attached to an aromatic ring is 1. The van der Waals surface area contributed by atoms with Crippen LogP contribution in [0.15, 0.2) is 24.4 Å². The number of aryl methyl sites for hydroxylation is 2. The summed E-state index contributed by atoms with van der Waals surface area (Å²) < 4.78 is 1.91. The summed E-state index contributed by atoms with van der Waals surface area (Å²) in [6.07, 6.45) is 2.78. The van der Waals surface area contributed by atoms with Gasteiger partial charge in [-0.15, -0.1) is 11.3 Å². The van der Waals surface area contributed by atoms with E-state index in [0.29, 0.717) is 11.4 Å². The van der Waals surface area contributed by atoms with Crippen molar-refractivity contribution in [3.63, 3.8) is 0 Å². The Bertz CT molecular complexity index is 600. The zero-order chi connectivity index (χ0) is 14.7. The summed E-state index contributed by atoms with van der Waals surface area (Å²) in [7, 11) is 0. The summed E-state index contributed by atoms with van der Waals surface area (Å²) in [5, 5.41) is 3.03. The highest BCUT2D eigenvalue weighted by atomic mass is 32.1. The van der Waals surface area contributed by atoms with E-state index in [9.17, 15) is 4.79 Å². The average Bonchev–Trinajstić information content (AvgIpc) is 2.96. The molecule has 0 bridgehead atoms. The Balaban J connectivity index is 2.11. The SMILES string of the molecule is CCCn1cc(N)cc1C(=O)NC(C)c1ccc(C)s1. The second-order valence-corrected chi connectivity index (χ2v) is 6.32. The quantitative estimate of drug-likeness (QED) is 0.887. The number of amides is 1. The first-order chi connectivity index (χ1) is 9.51. The number of aromatic nitrogens is 1. The molecule has 2 rings (SSSR count). The van der Waals surface area contributed by atoms with Crippen LogP contribution in [0.4, 0.5) is 5.69 Å². The van der Waals surface area contributed by atoms with E-state index in [1.54, 1.807) is 17.4 Å². The van der Waals surface area contributed by atoms with E-state index in [1.807, 2.05) is 17.7 Å². The third-order valence-corrected chi connectivity index (χ3v) is 4.33. The Morgan fingerprint density at radius 1 is 1.50 bits per heavy atom. The molecule has 108 valence electrons. The first-order valence-corrected chi connectivity index (χ1v) is 7.65. The highest BCUT2D eigenvalue weighted by Crippen LogP contribution is 2.23. The zero-order valence-corrected chi connectivity index (χ0v) is 13.0. The van der Waals surface area contributed by atoms with Gasteiger partial charge in [-0.25, -0.2) is 0 Å². The smallest absolute Gasteiger partial charge is 0.268 e. The van der Waals surface area contributed by atoms with Gasteiger partial charge in [-0.05, 0) is 38.5 Å². The fraction of sp³-hybridized carbons (Fsp3) is 0.400. The fourth-order valence-corrected chi connectivity index (χ4v) is 3.06. The third kappa shape index (κ3) is 3.22. The standard InChI is InChI=1S/C15H21N3OS/c1-4-7-18-9-12(16)8-13(18)15(19)17-11(3)14-6-5-10(2)20-14/h5-6,8-9,11H,4,7,16H2,1-3H3,(H,17,19). The van der Waals surface area contributed by atoms with E-state index < -0.39 is 0 Å². The topological polar surface area (TPSA) is 60.0 Å². The van der Waals surface area contributed by atoms with Gasteiger partial charge in [0.1, 0.15) is 5.69 Å². The predicted octanol–water partition coefficient (Wildman–Crippen LogP) is 3.34. The van der Waals surface area contributed by atoms with Gasteiger partial charge in [-0.1, -0.05) is 6.92 Å². The number of nitrogens with two attached hydrogens (primary N) is 1. The van der Waals surface area contributed by atoms with Crippen molar-refractivity contribution in [3.05, 3.63) is 39.8 Å². The van der Waals surface area contributed by atoms with Crippen LogP contribution in [0.5, 0.6) is 0 Å². The lowest BCUT2D eigenvalue weighted by atomic mass is 10.2. The van der Waals surface area contributed by atoms with Crippen LogP contribution in [0.2, 0.25) is 0 Å². The Labute approximate surface area is 123 Å². The summed E-state index contributed by atoms with van der Waals surface area (Å²) in [4.78, 5) is 14.8. The second kappa shape index (κ2) is 6.13. The Kier molecular flexibility index (Phi) is 4.49. The van der Waals surface area contributed by atoms with Crippen molar-refractivity contribution in [3.8, 4) is 0 Å². The second-order valence-electron chi connectivity index (χ2n) is 5.00. The summed E-state index contributed by atoms with van der Waals surface area (Å²) in [5.41, 5.74) is 7.05. The van der Waals surface area contributed by atoms with Gasteiger partial charge in [0.2, 0.25) is 0 Å². The Morgan fingerprint density at radius 2 is 2.25 bits per heavy atom. The number of hydrogen-bond acceptors (Lipinski definition) is 3. The molecule has 0 fully saturated rings. The van der Waals surface area contributed by atoms with Crippen LogP contribution in [0.25, 0.3) is 0 Å². The molecule has 0 radical (unpaired) electrons. The van der Waals surface area contributed by atoms with E-state index >= 15 is 0 Å². The number of anilines is 1. The molecule has 3 N–H and O–H groups in total. The first-order valence-electron chi connectivity index (χ1n) is 6.84. The van der Waals surface area contributed by atoms with Crippen molar-refractivity contribution in [2.75, 3.05) is 5.73 Å². The van der Waals surface area contributed by atoms with Gasteiger partial charge in [0.25, 0.3) is 5.91 Å². The monoisotopic (exact) mass is 291 g/mol. The first kappa shape index (κ1) is 14.7. The van der Waals surface area contributed by atoms with Crippen molar-refractivity contribution >= 4 is 22.9 Å². The van der Waals surface area contributed by atoms with Crippen LogP contribution in [0, 0.1) is 6.92 Å². The molecule has 1 amide bonds. The van der Waals surface area contributed by atoms with Crippen molar-refractivity contribution in [1.82, 2.24) is 9.88 Å². The molecule has 4 nitrogen and oxygen atoms in total. The summed E-state index contributed by atoms with van der Waals surface area (Å²) >= 11 is 1.71. The third-order valence-electron chi connectivity index (χ3n) is 3.15. The average molecular weight is 291 g/mol. The molecule has 0 aliphatic carbocycles. The van der Waals surface area contributed by atoms with Crippen LogP contribution in [0.3, 0.4) is 0 Å². The van der Waals surface area contributed by atoms with Gasteiger partial charge >= 0.3 is 0 Å². The molecule has 2 aromatic rings. The highest BCUT2D eigenvalue weighted by Gasteiger charge is 2.16. The van der Waals surface area contributed by atoms with Gasteiger partial charge in [0.15, 0.2) is 0 Å². The van der Waals surface area contributed by atoms with E-state index in [2.05, 4.69) is 31.3 Å². The van der Waals surface area contributed by atoms with E-state index in [-0.39, 0.29) is 11.9 Å². The molecule has 1 unspecified atom stereocenters. The lowest BCUT2D eigenvalue weighted by Crippen LogP contribution is -2.28. The fourth-order valence-electron chi connectivity index (χ4n) is 2.18. The number of carbonyl (C=O) groups excluding carboxylic acids is 1. The Morgan fingerprint density at radius 3 is 2.85 bits per heavy atom. The lowest BCUT2D eigenvalue weighted by molar-refractivity contribution is 0.0931. The number of hydrogen-bond donors (Lipinski definition) is 2. The molecular weight excluding hydrogens is 270 g/mol. The molecule has 0 spiro atoms. The van der Waals surface area contributed by atoms with Gasteiger partial charge < -0.3 is 15.6 Å². The minimum absolute atomic E-state index is 0.00685. The number of nitrogens with one attached hydrogen (secondary N) is 1. The number of thiophene rings is 1. The maximum absolute atomic E-state index is 12.4. The van der Waals surface area contributed by atoms with Crippen LogP contribution in [0.1, 0.15) is 46.6 Å². The molecule has 0 saturated carbocycles. The van der Waals surface area contributed by atoms with Crippen molar-refractivity contribution in [1.29, 1.82) is 0 Å². The maximum Gasteiger partial charge on any atom is 0.268 e. The van der Waals surface area contributed by atoms with E-state index in [0.717, 1.165) is 17.8 Å². The van der Waals surface area contributed by atoms with Crippen LogP contribution >= 0.6 is 11.3 Å². The Hall–Kier alpha value is -1.75. The predicted molar refractivity (Wildman–Crippen MR) is 84.1 cm³/mol. The number of rotatable bonds is 5. The minimum Gasteiger partial charge on any atom is -0.397 e. The normalized spacial score (nSPS) is 12.3. The molecule has 20 heavy (non-hydrogen) atoms. The van der Waals surface area contributed by atoms with Crippen molar-refractivity contribution in [2.24, 2.45) is 0 Å². The summed E-state index contributed by atoms with van der Waals surface area (Å²) in [5.74, 6) is -0.0753. The van der Waals surface area contributed by atoms with Crippen molar-refractivity contribution in [2.45, 2.75) is 39.8 Å². The van der Waals surface area contributed by atoms with Gasteiger partial charge in [-0.3, -0.25) is 4.79 Å². The largest absolute Gasteiger partial charge is 0.397 e. The highest BCUT2D eigenvalue weighted by molar-refractivity contribution is 7.12. The van der Waals surface area contributed by atoms with Gasteiger partial charge in [0, 0.05) is 22.5 Å². The zero-order valence-electron chi connectivity index (χ0n) is 12.1. The molecule has 2 heterocycles. The van der Waals surface area contributed by atoms with Crippen LogP contribution in [-0.2, 0) is 6.54 Å². The minimum atomic E-state index is -0.0753. The molecule has 1 atom stereocenters. The summed E-state index contributed by atoms with van der Waals surface area (Å²) in [6, 6.07) is 5.87. The molecule has 0 saturated heterocycles. The maximum atomic E-state index is 12.4. The molecule has 0 aliphatic heterocycles. The van der Waals surface area contributed by atoms with Gasteiger partial charge in [0.05, 0.1) is 11.7 Å².